The van der Waals surface area contributed by atoms with E-state index in [1.165, 1.54) is 0 Å². The molecule has 0 aliphatic carbocycles. The Morgan fingerprint density at radius 3 is 2.57 bits per heavy atom. The molecule has 0 saturated heterocycles. The highest BCUT2D eigenvalue weighted by molar-refractivity contribution is 5.78. The molecule has 0 radical (unpaired) electrons. The summed E-state index contributed by atoms with van der Waals surface area (Å²) in [6.45, 7) is 2.09. The van der Waals surface area contributed by atoms with Gasteiger partial charge < -0.3 is 10.4 Å². The van der Waals surface area contributed by atoms with Gasteiger partial charge in [-0.2, -0.15) is 0 Å². The zero-order chi connectivity index (χ0) is 14.7. The highest BCUT2D eigenvalue weighted by Gasteiger charge is 2.13. The summed E-state index contributed by atoms with van der Waals surface area (Å²) in [4.78, 5) is 8.58. The van der Waals surface area contributed by atoms with Gasteiger partial charge in [0.25, 0.3) is 0 Å². The largest absolute Gasteiger partial charge is 0.508 e. The zero-order valence-electron chi connectivity index (χ0n) is 11.8. The summed E-state index contributed by atoms with van der Waals surface area (Å²) in [5, 5.41) is 13.4. The Kier molecular flexibility index (Phi) is 3.69. The third-order valence-corrected chi connectivity index (χ3v) is 3.53. The molecule has 1 heterocycles. The minimum Gasteiger partial charge on any atom is -0.508 e. The maximum atomic E-state index is 10.00. The monoisotopic (exact) mass is 279 g/mol. The molecule has 0 spiro atoms. The first-order valence-corrected chi connectivity index (χ1v) is 7.03. The van der Waals surface area contributed by atoms with Crippen molar-refractivity contribution in [2.75, 3.05) is 5.32 Å². The van der Waals surface area contributed by atoms with Crippen molar-refractivity contribution in [3.63, 3.8) is 0 Å². The van der Waals surface area contributed by atoms with Crippen molar-refractivity contribution in [3.8, 4) is 5.75 Å². The molecule has 0 saturated carbocycles. The number of fused-ring (bicyclic) bond motifs is 1. The van der Waals surface area contributed by atoms with Gasteiger partial charge in [0.1, 0.15) is 5.75 Å². The second kappa shape index (κ2) is 5.79. The van der Waals surface area contributed by atoms with E-state index in [4.69, 9.17) is 0 Å². The van der Waals surface area contributed by atoms with E-state index in [2.05, 4.69) is 22.2 Å². The summed E-state index contributed by atoms with van der Waals surface area (Å²) in [7, 11) is 0. The smallest absolute Gasteiger partial charge is 0.120 e. The number of phenolic OH excluding ortho intramolecular Hbond substituents is 1. The number of rotatable bonds is 4. The second-order valence-electron chi connectivity index (χ2n) is 4.92. The lowest BCUT2D eigenvalue weighted by atomic mass is 10.0. The second-order valence-corrected chi connectivity index (χ2v) is 4.92. The van der Waals surface area contributed by atoms with Crippen molar-refractivity contribution in [2.45, 2.75) is 19.4 Å². The van der Waals surface area contributed by atoms with E-state index in [0.29, 0.717) is 5.75 Å². The lowest BCUT2D eigenvalue weighted by molar-refractivity contribution is 0.463. The number of aromatic nitrogens is 2. The molecule has 3 rings (SSSR count). The number of anilines is 1. The van der Waals surface area contributed by atoms with Crippen molar-refractivity contribution in [1.29, 1.82) is 0 Å². The Labute approximate surface area is 123 Å². The topological polar surface area (TPSA) is 58.0 Å². The number of nitrogens with zero attached hydrogens (tertiary/aromatic N) is 2. The van der Waals surface area contributed by atoms with Crippen molar-refractivity contribution in [1.82, 2.24) is 9.97 Å². The van der Waals surface area contributed by atoms with Crippen LogP contribution >= 0.6 is 0 Å². The first-order chi connectivity index (χ1) is 10.3. The van der Waals surface area contributed by atoms with E-state index in [0.717, 1.165) is 28.7 Å². The lowest BCUT2D eigenvalue weighted by Crippen LogP contribution is -2.09. The van der Waals surface area contributed by atoms with Crippen molar-refractivity contribution < 1.29 is 5.11 Å². The van der Waals surface area contributed by atoms with E-state index in [-0.39, 0.29) is 6.04 Å². The molecule has 21 heavy (non-hydrogen) atoms. The fraction of sp³-hybridized carbons (Fsp3) is 0.176. The van der Waals surface area contributed by atoms with Crippen molar-refractivity contribution in [2.24, 2.45) is 0 Å². The zero-order valence-corrected chi connectivity index (χ0v) is 11.8. The average molecular weight is 279 g/mol. The predicted octanol–water partition coefficient (Wildman–Crippen LogP) is 3.90. The van der Waals surface area contributed by atoms with Crippen molar-refractivity contribution in [3.05, 3.63) is 60.4 Å². The van der Waals surface area contributed by atoms with Crippen LogP contribution in [0.15, 0.2) is 54.9 Å². The highest BCUT2D eigenvalue weighted by atomic mass is 16.3. The molecule has 1 aromatic heterocycles. The van der Waals surface area contributed by atoms with Gasteiger partial charge in [0.05, 0.1) is 17.1 Å². The molecular weight excluding hydrogens is 262 g/mol. The molecule has 2 N–H and O–H groups in total. The number of para-hydroxylation sites is 1. The van der Waals surface area contributed by atoms with E-state index in [1.54, 1.807) is 18.5 Å². The third-order valence-electron chi connectivity index (χ3n) is 3.53. The van der Waals surface area contributed by atoms with Crippen LogP contribution in [-0.4, -0.2) is 15.1 Å². The summed E-state index contributed by atoms with van der Waals surface area (Å²) < 4.78 is 0. The van der Waals surface area contributed by atoms with Gasteiger partial charge in [0, 0.05) is 23.6 Å². The third kappa shape index (κ3) is 2.79. The van der Waals surface area contributed by atoms with Crippen LogP contribution in [0.1, 0.15) is 24.9 Å². The van der Waals surface area contributed by atoms with Crippen LogP contribution in [0.4, 0.5) is 5.69 Å². The Morgan fingerprint density at radius 2 is 1.81 bits per heavy atom. The van der Waals surface area contributed by atoms with Crippen LogP contribution in [0.5, 0.6) is 5.75 Å². The van der Waals surface area contributed by atoms with Crippen LogP contribution in [-0.2, 0) is 0 Å². The minimum atomic E-state index is 0.0559. The molecule has 0 aliphatic heterocycles. The van der Waals surface area contributed by atoms with Gasteiger partial charge in [0.2, 0.25) is 0 Å². The Hall–Kier alpha value is -2.62. The van der Waals surface area contributed by atoms with E-state index in [9.17, 15) is 5.11 Å². The number of hydrogen-bond donors (Lipinski definition) is 2. The first-order valence-electron chi connectivity index (χ1n) is 7.03. The molecule has 0 amide bonds. The number of nitrogens with one attached hydrogen (secondary N) is 1. The standard InChI is InChI=1S/C17H17N3O/c1-2-14(13-5-3-4-6-17(13)21)20-12-7-8-15-16(11-12)19-10-9-18-15/h3-11,14,20-21H,2H2,1H3. The molecule has 3 aromatic rings. The molecule has 4 nitrogen and oxygen atoms in total. The van der Waals surface area contributed by atoms with Gasteiger partial charge in [-0.15, -0.1) is 0 Å². The van der Waals surface area contributed by atoms with Crippen LogP contribution in [0, 0.1) is 0 Å². The van der Waals surface area contributed by atoms with Gasteiger partial charge in [0.15, 0.2) is 0 Å². The molecule has 1 unspecified atom stereocenters. The summed E-state index contributed by atoms with van der Waals surface area (Å²) >= 11 is 0. The minimum absolute atomic E-state index is 0.0559. The molecule has 0 bridgehead atoms. The molecule has 106 valence electrons. The normalized spacial score (nSPS) is 12.2. The van der Waals surface area contributed by atoms with Crippen LogP contribution in [0.2, 0.25) is 0 Å². The Balaban J connectivity index is 1.90. The first kappa shape index (κ1) is 13.4. The van der Waals surface area contributed by atoms with Gasteiger partial charge in [-0.3, -0.25) is 9.97 Å². The fourth-order valence-electron chi connectivity index (χ4n) is 2.44. The molecule has 2 aromatic carbocycles. The van der Waals surface area contributed by atoms with Gasteiger partial charge in [-0.05, 0) is 30.7 Å². The number of hydrogen-bond acceptors (Lipinski definition) is 4. The quantitative estimate of drug-likeness (QED) is 0.760. The van der Waals surface area contributed by atoms with Crippen LogP contribution in [0.25, 0.3) is 11.0 Å². The number of phenols is 1. The van der Waals surface area contributed by atoms with Gasteiger partial charge >= 0.3 is 0 Å². The van der Waals surface area contributed by atoms with Crippen LogP contribution in [0.3, 0.4) is 0 Å². The molecule has 0 fully saturated rings. The molecule has 0 aliphatic rings. The molecular formula is C17H17N3O. The highest BCUT2D eigenvalue weighted by Crippen LogP contribution is 2.29. The van der Waals surface area contributed by atoms with E-state index in [1.807, 2.05) is 36.4 Å². The number of aromatic hydroxyl groups is 1. The van der Waals surface area contributed by atoms with Gasteiger partial charge in [-0.1, -0.05) is 25.1 Å². The Bertz CT molecular complexity index is 758. The predicted molar refractivity (Wildman–Crippen MR) is 84.3 cm³/mol. The summed E-state index contributed by atoms with van der Waals surface area (Å²) in [5.74, 6) is 0.317. The van der Waals surface area contributed by atoms with E-state index < -0.39 is 0 Å². The summed E-state index contributed by atoms with van der Waals surface area (Å²) in [5.41, 5.74) is 3.60. The van der Waals surface area contributed by atoms with Crippen molar-refractivity contribution >= 4 is 16.7 Å². The summed E-state index contributed by atoms with van der Waals surface area (Å²) in [6, 6.07) is 13.4. The number of benzene rings is 2. The Morgan fingerprint density at radius 1 is 1.05 bits per heavy atom. The van der Waals surface area contributed by atoms with Gasteiger partial charge in [-0.25, -0.2) is 0 Å². The van der Waals surface area contributed by atoms with E-state index >= 15 is 0 Å². The van der Waals surface area contributed by atoms with Crippen LogP contribution < -0.4 is 5.32 Å². The lowest BCUT2D eigenvalue weighted by Gasteiger charge is -2.20. The average Bonchev–Trinajstić information content (AvgIpc) is 2.53. The molecule has 1 atom stereocenters. The SMILES string of the molecule is CCC(Nc1ccc2nccnc2c1)c1ccccc1O. The fourth-order valence-corrected chi connectivity index (χ4v) is 2.44. The maximum Gasteiger partial charge on any atom is 0.120 e. The molecule has 4 heteroatoms. The maximum absolute atomic E-state index is 10.00. The summed E-state index contributed by atoms with van der Waals surface area (Å²) in [6.07, 6.45) is 4.24.